The van der Waals surface area contributed by atoms with Gasteiger partial charge in [-0.15, -0.1) is 0 Å². The van der Waals surface area contributed by atoms with E-state index in [0.29, 0.717) is 5.71 Å². The van der Waals surface area contributed by atoms with Crippen LogP contribution >= 0.6 is 0 Å². The fraction of sp³-hybridized carbons (Fsp3) is 0.588. The average molecular weight is 358 g/mol. The Hall–Kier alpha value is -1.63. The first-order valence-corrected chi connectivity index (χ1v) is 8.97. The minimum atomic E-state index is -1.46. The molecule has 1 rings (SSSR count). The maximum atomic E-state index is 13.7. The zero-order valence-corrected chi connectivity index (χ0v) is 16.5. The van der Waals surface area contributed by atoms with Crippen molar-refractivity contribution in [1.82, 2.24) is 4.98 Å². The summed E-state index contributed by atoms with van der Waals surface area (Å²) in [5.74, 6) is -1.53. The summed E-state index contributed by atoms with van der Waals surface area (Å²) in [7, 11) is -1.46. The van der Waals surface area contributed by atoms with Gasteiger partial charge in [0.1, 0.15) is 11.0 Å². The molecule has 0 saturated carbocycles. The van der Waals surface area contributed by atoms with Crippen molar-refractivity contribution in [3.8, 4) is 0 Å². The quantitative estimate of drug-likeness (QED) is 0.601. The zero-order chi connectivity index (χ0) is 19.1. The van der Waals surface area contributed by atoms with Gasteiger partial charge in [-0.25, -0.2) is 13.4 Å². The first-order chi connectivity index (χ1) is 11.0. The van der Waals surface area contributed by atoms with E-state index in [2.05, 4.69) is 9.38 Å². The van der Waals surface area contributed by atoms with Crippen LogP contribution in [0.5, 0.6) is 0 Å². The largest absolute Gasteiger partial charge is 0.459 e. The fourth-order valence-corrected chi connectivity index (χ4v) is 1.99. The number of pyridine rings is 1. The van der Waals surface area contributed by atoms with E-state index in [1.54, 1.807) is 41.5 Å². The van der Waals surface area contributed by atoms with Gasteiger partial charge in [0.25, 0.3) is 0 Å². The molecule has 136 valence electrons. The summed E-state index contributed by atoms with van der Waals surface area (Å²) in [6.45, 7) is 14.4. The molecule has 0 bridgehead atoms. The average Bonchev–Trinajstić information content (AvgIpc) is 2.47. The van der Waals surface area contributed by atoms with E-state index in [9.17, 15) is 13.4 Å². The Bertz CT molecular complexity index is 623. The first kappa shape index (κ1) is 22.4. The molecule has 1 atom stereocenters. The van der Waals surface area contributed by atoms with Gasteiger partial charge in [-0.2, -0.15) is 4.40 Å². The van der Waals surface area contributed by atoms with E-state index >= 15 is 0 Å². The van der Waals surface area contributed by atoms with Gasteiger partial charge >= 0.3 is 5.97 Å². The van der Waals surface area contributed by atoms with Crippen LogP contribution in [0.2, 0.25) is 0 Å². The van der Waals surface area contributed by atoms with Crippen LogP contribution in [0.1, 0.15) is 71.4 Å². The summed E-state index contributed by atoms with van der Waals surface area (Å²) >= 11 is 0. The lowest BCUT2D eigenvalue weighted by atomic mass is 10.2. The second kappa shape index (κ2) is 9.61. The molecule has 7 heteroatoms. The van der Waals surface area contributed by atoms with E-state index in [4.69, 9.17) is 4.74 Å². The molecule has 1 unspecified atom stereocenters. The zero-order valence-electron chi connectivity index (χ0n) is 15.6. The monoisotopic (exact) mass is 358 g/mol. The molecule has 24 heavy (non-hydrogen) atoms. The molecule has 0 spiro atoms. The van der Waals surface area contributed by atoms with Crippen molar-refractivity contribution < 1.29 is 18.1 Å². The number of carbonyl (C=O) groups is 1. The highest BCUT2D eigenvalue weighted by Crippen LogP contribution is 2.15. The van der Waals surface area contributed by atoms with Crippen molar-refractivity contribution in [2.75, 3.05) is 0 Å². The normalized spacial score (nSPS) is 13.2. The highest BCUT2D eigenvalue weighted by atomic mass is 32.2. The maximum Gasteiger partial charge on any atom is 0.341 e. The van der Waals surface area contributed by atoms with Crippen LogP contribution in [-0.4, -0.2) is 31.7 Å². The first-order valence-electron chi connectivity index (χ1n) is 7.86. The number of aromatic nitrogens is 1. The topological polar surface area (TPSA) is 68.6 Å². The molecule has 1 aromatic heterocycles. The number of hydrogen-bond acceptors (Lipinski definition) is 4. The molecule has 0 aliphatic carbocycles. The fourth-order valence-electron chi connectivity index (χ4n) is 1.38. The van der Waals surface area contributed by atoms with E-state index in [1.807, 2.05) is 13.8 Å². The summed E-state index contributed by atoms with van der Waals surface area (Å²) < 4.78 is 34.3. The van der Waals surface area contributed by atoms with Gasteiger partial charge in [0.2, 0.25) is 0 Å². The van der Waals surface area contributed by atoms with Crippen LogP contribution in [0.3, 0.4) is 0 Å². The third kappa shape index (κ3) is 6.86. The molecule has 1 heterocycles. The molecule has 0 N–H and O–H groups in total. The van der Waals surface area contributed by atoms with Crippen LogP contribution in [0.15, 0.2) is 16.7 Å². The molecule has 0 aliphatic rings. The number of rotatable bonds is 4. The number of esters is 1. The van der Waals surface area contributed by atoms with Gasteiger partial charge in [0, 0.05) is 0 Å². The van der Waals surface area contributed by atoms with Crippen molar-refractivity contribution in [2.24, 2.45) is 4.40 Å². The smallest absolute Gasteiger partial charge is 0.341 e. The van der Waals surface area contributed by atoms with Crippen molar-refractivity contribution in [1.29, 1.82) is 0 Å². The molecular formula is C17H27FN2O3S. The lowest BCUT2D eigenvalue weighted by Crippen LogP contribution is -2.21. The van der Waals surface area contributed by atoms with Crippen LogP contribution < -0.4 is 0 Å². The molecule has 0 fully saturated rings. The Morgan fingerprint density at radius 3 is 2.33 bits per heavy atom. The summed E-state index contributed by atoms with van der Waals surface area (Å²) in [4.78, 5) is 15.7. The Labute approximate surface area is 146 Å². The minimum absolute atomic E-state index is 0.213. The Morgan fingerprint density at radius 1 is 1.33 bits per heavy atom. The lowest BCUT2D eigenvalue weighted by Gasteiger charge is -2.14. The van der Waals surface area contributed by atoms with Crippen molar-refractivity contribution in [2.45, 2.75) is 66.2 Å². The minimum Gasteiger partial charge on any atom is -0.459 e. The summed E-state index contributed by atoms with van der Waals surface area (Å²) in [5, 5.41) is 0. The molecule has 1 aromatic rings. The van der Waals surface area contributed by atoms with Gasteiger partial charge in [-0.3, -0.25) is 4.98 Å². The van der Waals surface area contributed by atoms with Crippen molar-refractivity contribution >= 4 is 22.7 Å². The van der Waals surface area contributed by atoms with E-state index in [1.165, 1.54) is 6.07 Å². The van der Waals surface area contributed by atoms with E-state index in [0.717, 1.165) is 6.20 Å². The second-order valence-electron chi connectivity index (χ2n) is 6.04. The summed E-state index contributed by atoms with van der Waals surface area (Å²) in [6.07, 6.45) is 0.581. The van der Waals surface area contributed by atoms with Gasteiger partial charge in [0.15, 0.2) is 5.82 Å². The van der Waals surface area contributed by atoms with Gasteiger partial charge < -0.3 is 4.74 Å². The summed E-state index contributed by atoms with van der Waals surface area (Å²) in [5.41, 5.74) is 0.441. The Balaban J connectivity index is 0.00000254. The van der Waals surface area contributed by atoms with Crippen LogP contribution in [-0.2, 0) is 15.7 Å². The second-order valence-corrected chi connectivity index (χ2v) is 7.95. The molecule has 0 saturated heterocycles. The molecular weight excluding hydrogens is 331 g/mol. The molecule has 0 amide bonds. The van der Waals surface area contributed by atoms with Gasteiger partial charge in [-0.1, -0.05) is 13.8 Å². The number of ether oxygens (including phenoxy) is 1. The maximum absolute atomic E-state index is 13.7. The lowest BCUT2D eigenvalue weighted by molar-refractivity contribution is 0.0372. The number of halogens is 1. The van der Waals surface area contributed by atoms with E-state index in [-0.39, 0.29) is 17.4 Å². The number of nitrogens with zero attached hydrogens (tertiary/aromatic N) is 2. The van der Waals surface area contributed by atoms with Gasteiger partial charge in [-0.05, 0) is 47.6 Å². The van der Waals surface area contributed by atoms with E-state index < -0.39 is 27.5 Å². The number of carbonyl (C=O) groups excluding carboxylic acids is 1. The van der Waals surface area contributed by atoms with Crippen LogP contribution in [0.25, 0.3) is 0 Å². The van der Waals surface area contributed by atoms with Crippen LogP contribution in [0, 0.1) is 5.82 Å². The molecule has 5 nitrogen and oxygen atoms in total. The van der Waals surface area contributed by atoms with Crippen molar-refractivity contribution in [3.05, 3.63) is 29.3 Å². The molecule has 0 aromatic carbocycles. The van der Waals surface area contributed by atoms with Crippen molar-refractivity contribution in [3.63, 3.8) is 0 Å². The molecule has 0 aliphatic heterocycles. The Kier molecular flexibility index (Phi) is 8.96. The summed E-state index contributed by atoms with van der Waals surface area (Å²) in [6, 6.07) is 1.26. The highest BCUT2D eigenvalue weighted by Gasteiger charge is 2.21. The predicted octanol–water partition coefficient (Wildman–Crippen LogP) is 4.08. The van der Waals surface area contributed by atoms with Crippen LogP contribution in [0.4, 0.5) is 4.39 Å². The Morgan fingerprint density at radius 2 is 1.88 bits per heavy atom. The third-order valence-corrected chi connectivity index (χ3v) is 4.02. The van der Waals surface area contributed by atoms with Gasteiger partial charge in [0.05, 0.1) is 34.0 Å². The number of hydrogen-bond donors (Lipinski definition) is 0. The molecule has 0 radical (unpaired) electrons. The third-order valence-electron chi connectivity index (χ3n) is 2.53. The highest BCUT2D eigenvalue weighted by molar-refractivity contribution is 7.85. The predicted molar refractivity (Wildman–Crippen MR) is 96.2 cm³/mol. The standard InChI is InChI=1S/C15H21FN2O3S.C2H6/c1-9(2)21-14(19)11-7-13(17-8-12(11)16)10(3)18-22(20)15(4,5)6;1-2/h7-9H,1-6H3;1-2H3/b18-10-;. The SMILES string of the molecule is C/C(=N/S(=O)C(C)(C)C)c1cc(C(=O)OC(C)C)c(F)cn1.CC.